The van der Waals surface area contributed by atoms with Crippen molar-refractivity contribution in [3.63, 3.8) is 0 Å². The van der Waals surface area contributed by atoms with Gasteiger partial charge in [-0.25, -0.2) is 9.97 Å². The Labute approximate surface area is 169 Å². The fourth-order valence-electron chi connectivity index (χ4n) is 2.91. The summed E-state index contributed by atoms with van der Waals surface area (Å²) in [5, 5.41) is 2.32. The molecule has 0 spiro atoms. The van der Waals surface area contributed by atoms with Gasteiger partial charge in [-0.3, -0.25) is 24.3 Å². The van der Waals surface area contributed by atoms with Gasteiger partial charge in [-0.05, 0) is 54.6 Å². The number of benzene rings is 1. The van der Waals surface area contributed by atoms with Crippen LogP contribution < -0.4 is 15.6 Å². The van der Waals surface area contributed by atoms with Gasteiger partial charge in [0.25, 0.3) is 16.7 Å². The van der Waals surface area contributed by atoms with Crippen LogP contribution in [0.25, 0.3) is 17.1 Å². The Hall–Kier alpha value is -3.46. The number of fused-ring (bicyclic) bond motifs is 1. The molecule has 2 amide bonds. The first-order valence-corrected chi connectivity index (χ1v) is 9.63. The van der Waals surface area contributed by atoms with Gasteiger partial charge in [0.1, 0.15) is 18.2 Å². The fraction of sp³-hybridized carbons (Fsp3) is 0.150. The molecule has 3 heterocycles. The van der Waals surface area contributed by atoms with E-state index in [1.54, 1.807) is 60.2 Å². The number of aromatic nitrogens is 3. The highest BCUT2D eigenvalue weighted by Crippen LogP contribution is 2.26. The Morgan fingerprint density at radius 3 is 2.69 bits per heavy atom. The number of carbonyl (C=O) groups excluding carboxylic acids is 2. The molecule has 0 saturated carbocycles. The van der Waals surface area contributed by atoms with Crippen LogP contribution >= 0.6 is 11.8 Å². The number of carbonyl (C=O) groups is 2. The van der Waals surface area contributed by atoms with Crippen LogP contribution in [0.3, 0.4) is 0 Å². The second-order valence-electron chi connectivity index (χ2n) is 6.26. The lowest BCUT2D eigenvalue weighted by atomic mass is 10.2. The molecule has 1 aliphatic rings. The van der Waals surface area contributed by atoms with Crippen LogP contribution in [-0.4, -0.2) is 32.3 Å². The van der Waals surface area contributed by atoms with Gasteiger partial charge in [0.15, 0.2) is 5.65 Å². The highest BCUT2D eigenvalue weighted by atomic mass is 32.2. The third kappa shape index (κ3) is 4.04. The quantitative estimate of drug-likeness (QED) is 0.647. The SMILES string of the molecule is Cc1nc2ncccc2c(=O)n1CCOc1ccc(C=C2SC(=O)NC2=O)cc1. The maximum Gasteiger partial charge on any atom is 0.290 e. The maximum absolute atomic E-state index is 12.6. The van der Waals surface area contributed by atoms with E-state index in [9.17, 15) is 14.4 Å². The summed E-state index contributed by atoms with van der Waals surface area (Å²) in [4.78, 5) is 44.2. The third-order valence-electron chi connectivity index (χ3n) is 4.32. The van der Waals surface area contributed by atoms with Gasteiger partial charge in [0, 0.05) is 6.20 Å². The molecule has 29 heavy (non-hydrogen) atoms. The smallest absolute Gasteiger partial charge is 0.290 e. The third-order valence-corrected chi connectivity index (χ3v) is 5.13. The molecule has 1 saturated heterocycles. The normalized spacial score (nSPS) is 15.1. The molecule has 0 aliphatic carbocycles. The van der Waals surface area contributed by atoms with E-state index in [1.807, 2.05) is 0 Å². The maximum atomic E-state index is 12.6. The first-order chi connectivity index (χ1) is 14.0. The molecule has 1 aromatic carbocycles. The zero-order valence-corrected chi connectivity index (χ0v) is 16.2. The Morgan fingerprint density at radius 1 is 1.17 bits per heavy atom. The van der Waals surface area contributed by atoms with E-state index in [0.717, 1.165) is 17.3 Å². The van der Waals surface area contributed by atoms with E-state index in [4.69, 9.17) is 4.74 Å². The van der Waals surface area contributed by atoms with Crippen molar-refractivity contribution in [1.82, 2.24) is 19.9 Å². The van der Waals surface area contributed by atoms with Crippen LogP contribution in [-0.2, 0) is 11.3 Å². The van der Waals surface area contributed by atoms with Crippen LogP contribution in [0.1, 0.15) is 11.4 Å². The molecule has 0 radical (unpaired) electrons. The molecular weight excluding hydrogens is 392 g/mol. The summed E-state index contributed by atoms with van der Waals surface area (Å²) < 4.78 is 7.30. The number of pyridine rings is 1. The second kappa shape index (κ2) is 7.88. The summed E-state index contributed by atoms with van der Waals surface area (Å²) in [6.45, 7) is 2.41. The lowest BCUT2D eigenvalue weighted by Crippen LogP contribution is -2.26. The van der Waals surface area contributed by atoms with E-state index >= 15 is 0 Å². The van der Waals surface area contributed by atoms with Crippen molar-refractivity contribution in [1.29, 1.82) is 0 Å². The minimum absolute atomic E-state index is 0.145. The average Bonchev–Trinajstić information content (AvgIpc) is 3.02. The van der Waals surface area contributed by atoms with E-state index in [0.29, 0.717) is 40.7 Å². The number of hydrogen-bond acceptors (Lipinski definition) is 7. The van der Waals surface area contributed by atoms with Crippen molar-refractivity contribution in [3.05, 3.63) is 69.2 Å². The Morgan fingerprint density at radius 2 is 1.97 bits per heavy atom. The number of rotatable bonds is 5. The second-order valence-corrected chi connectivity index (χ2v) is 7.27. The van der Waals surface area contributed by atoms with Crippen LogP contribution in [0.15, 0.2) is 52.3 Å². The van der Waals surface area contributed by atoms with Crippen molar-refractivity contribution in [2.45, 2.75) is 13.5 Å². The summed E-state index contributed by atoms with van der Waals surface area (Å²) >= 11 is 0.875. The molecule has 1 aliphatic heterocycles. The molecule has 146 valence electrons. The molecule has 4 rings (SSSR count). The zero-order valence-electron chi connectivity index (χ0n) is 15.4. The molecule has 0 atom stereocenters. The van der Waals surface area contributed by atoms with Gasteiger partial charge in [-0.2, -0.15) is 0 Å². The number of nitrogens with zero attached hydrogens (tertiary/aromatic N) is 3. The number of hydrogen-bond donors (Lipinski definition) is 1. The van der Waals surface area contributed by atoms with Crippen molar-refractivity contribution < 1.29 is 14.3 Å². The van der Waals surface area contributed by atoms with Crippen LogP contribution in [0.5, 0.6) is 5.75 Å². The average molecular weight is 408 g/mol. The minimum atomic E-state index is -0.389. The van der Waals surface area contributed by atoms with E-state index in [2.05, 4.69) is 15.3 Å². The molecule has 9 heteroatoms. The van der Waals surface area contributed by atoms with Gasteiger partial charge in [-0.15, -0.1) is 0 Å². The van der Waals surface area contributed by atoms with E-state index < -0.39 is 0 Å². The molecule has 3 aromatic rings. The monoisotopic (exact) mass is 408 g/mol. The number of thioether (sulfide) groups is 1. The summed E-state index contributed by atoms with van der Waals surface area (Å²) in [6.07, 6.45) is 3.25. The van der Waals surface area contributed by atoms with Gasteiger partial charge in [0.05, 0.1) is 16.8 Å². The van der Waals surface area contributed by atoms with Crippen LogP contribution in [0.2, 0.25) is 0 Å². The molecule has 1 N–H and O–H groups in total. The Bertz CT molecular complexity index is 1200. The highest BCUT2D eigenvalue weighted by Gasteiger charge is 2.24. The van der Waals surface area contributed by atoms with Crippen molar-refractivity contribution in [2.24, 2.45) is 0 Å². The first-order valence-electron chi connectivity index (χ1n) is 8.81. The zero-order chi connectivity index (χ0) is 20.4. The van der Waals surface area contributed by atoms with Crippen molar-refractivity contribution in [2.75, 3.05) is 6.61 Å². The predicted molar refractivity (Wildman–Crippen MR) is 110 cm³/mol. The lowest BCUT2D eigenvalue weighted by Gasteiger charge is -2.11. The van der Waals surface area contributed by atoms with Gasteiger partial charge >= 0.3 is 0 Å². The standard InChI is InChI=1S/C20H16N4O4S/c1-12-22-17-15(3-2-8-21-17)19(26)24(12)9-10-28-14-6-4-13(5-7-14)11-16-18(25)23-20(27)29-16/h2-8,11H,9-10H2,1H3,(H,23,25,27). The predicted octanol–water partition coefficient (Wildman–Crippen LogP) is 2.50. The summed E-state index contributed by atoms with van der Waals surface area (Å²) in [5.41, 5.74) is 1.07. The number of imide groups is 1. The molecule has 2 aromatic heterocycles. The Kier molecular flexibility index (Phi) is 5.13. The van der Waals surface area contributed by atoms with Gasteiger partial charge in [0.2, 0.25) is 0 Å². The molecule has 0 bridgehead atoms. The van der Waals surface area contributed by atoms with Crippen LogP contribution in [0.4, 0.5) is 4.79 Å². The van der Waals surface area contributed by atoms with Crippen LogP contribution in [0, 0.1) is 6.92 Å². The largest absolute Gasteiger partial charge is 0.492 e. The molecular formula is C20H16N4O4S. The highest BCUT2D eigenvalue weighted by molar-refractivity contribution is 8.18. The summed E-state index contributed by atoms with van der Waals surface area (Å²) in [5.74, 6) is 0.821. The topological polar surface area (TPSA) is 103 Å². The van der Waals surface area contributed by atoms with Gasteiger partial charge in [-0.1, -0.05) is 12.1 Å². The van der Waals surface area contributed by atoms with Crippen molar-refractivity contribution in [3.8, 4) is 5.75 Å². The number of aryl methyl sites for hydroxylation is 1. The van der Waals surface area contributed by atoms with Crippen molar-refractivity contribution >= 4 is 40.0 Å². The Balaban J connectivity index is 1.42. The minimum Gasteiger partial charge on any atom is -0.492 e. The number of amides is 2. The van der Waals surface area contributed by atoms with Gasteiger partial charge < -0.3 is 4.74 Å². The summed E-state index contributed by atoms with van der Waals surface area (Å²) in [7, 11) is 0. The first kappa shape index (κ1) is 18.9. The lowest BCUT2D eigenvalue weighted by molar-refractivity contribution is -0.115. The number of nitrogens with one attached hydrogen (secondary N) is 1. The number of ether oxygens (including phenoxy) is 1. The molecule has 1 fully saturated rings. The van der Waals surface area contributed by atoms with E-state index in [1.165, 1.54) is 0 Å². The fourth-order valence-corrected chi connectivity index (χ4v) is 3.59. The molecule has 0 unspecified atom stereocenters. The van der Waals surface area contributed by atoms with E-state index in [-0.39, 0.29) is 16.7 Å². The molecule has 8 nitrogen and oxygen atoms in total. The summed E-state index contributed by atoms with van der Waals surface area (Å²) in [6, 6.07) is 10.5.